The fourth-order valence-electron chi connectivity index (χ4n) is 2.22. The van der Waals surface area contributed by atoms with Crippen molar-refractivity contribution in [2.75, 3.05) is 19.9 Å². The normalized spacial score (nSPS) is 30.8. The molecule has 1 fully saturated rings. The first kappa shape index (κ1) is 21.3. The zero-order valence-corrected chi connectivity index (χ0v) is 15.7. The first-order valence-electron chi connectivity index (χ1n) is 7.32. The van der Waals surface area contributed by atoms with Crippen molar-refractivity contribution in [1.82, 2.24) is 0 Å². The SMILES string of the molecule is [B]C1CC(OP(=O)(O)OCCCOP(C)(=O)O)C(C(C)(C)C)O1. The largest absolute Gasteiger partial charge is 0.472 e. The summed E-state index contributed by atoms with van der Waals surface area (Å²) in [4.78, 5) is 18.7. The van der Waals surface area contributed by atoms with Gasteiger partial charge in [0.25, 0.3) is 0 Å². The molecular formula is C12H25BO8P2. The molecule has 1 aliphatic heterocycles. The second-order valence-electron chi connectivity index (χ2n) is 6.63. The maximum Gasteiger partial charge on any atom is 0.472 e. The van der Waals surface area contributed by atoms with Gasteiger partial charge in [-0.1, -0.05) is 20.8 Å². The van der Waals surface area contributed by atoms with Crippen LogP contribution in [-0.4, -0.2) is 55.7 Å². The molecule has 11 heteroatoms. The molecule has 5 atom stereocenters. The number of rotatable bonds is 8. The standard InChI is InChI=1S/C12H25BO8P2/c1-12(2,3)11-9(8-10(13)20-11)21-23(16,17)19-7-5-6-18-22(4,14)15/h9-11H,5-8H2,1-4H3,(H,14,15)(H,16,17). The average Bonchev–Trinajstić information content (AvgIpc) is 2.67. The van der Waals surface area contributed by atoms with Crippen molar-refractivity contribution >= 4 is 23.3 Å². The van der Waals surface area contributed by atoms with Gasteiger partial charge in [-0.05, 0) is 18.3 Å². The van der Waals surface area contributed by atoms with Crippen LogP contribution in [0, 0.1) is 5.41 Å². The van der Waals surface area contributed by atoms with Crippen LogP contribution in [0.5, 0.6) is 0 Å². The Kier molecular flexibility index (Phi) is 7.52. The van der Waals surface area contributed by atoms with Crippen molar-refractivity contribution < 1.29 is 37.2 Å². The van der Waals surface area contributed by atoms with E-state index >= 15 is 0 Å². The summed E-state index contributed by atoms with van der Waals surface area (Å²) >= 11 is 0. The Labute approximate surface area is 138 Å². The molecule has 0 spiro atoms. The van der Waals surface area contributed by atoms with Gasteiger partial charge in [-0.15, -0.1) is 0 Å². The van der Waals surface area contributed by atoms with Gasteiger partial charge in [-0.3, -0.25) is 13.6 Å². The van der Waals surface area contributed by atoms with E-state index in [0.29, 0.717) is 6.42 Å². The lowest BCUT2D eigenvalue weighted by molar-refractivity contribution is -0.0366. The average molecular weight is 370 g/mol. The monoisotopic (exact) mass is 370 g/mol. The lowest BCUT2D eigenvalue weighted by atomic mass is 9.85. The van der Waals surface area contributed by atoms with E-state index in [-0.39, 0.29) is 25.0 Å². The minimum Gasteiger partial charge on any atom is -0.381 e. The topological polar surface area (TPSA) is 112 Å². The van der Waals surface area contributed by atoms with E-state index in [1.807, 2.05) is 20.8 Å². The highest BCUT2D eigenvalue weighted by Crippen LogP contribution is 2.49. The summed E-state index contributed by atoms with van der Waals surface area (Å²) in [5, 5.41) is 0. The van der Waals surface area contributed by atoms with E-state index in [2.05, 4.69) is 4.52 Å². The molecule has 0 amide bonds. The Hall–Kier alpha value is 0.285. The molecule has 8 nitrogen and oxygen atoms in total. The molecular weight excluding hydrogens is 345 g/mol. The second-order valence-corrected chi connectivity index (χ2v) is 9.90. The van der Waals surface area contributed by atoms with Crippen LogP contribution >= 0.6 is 15.4 Å². The molecule has 5 unspecified atom stereocenters. The van der Waals surface area contributed by atoms with Crippen molar-refractivity contribution in [3.63, 3.8) is 0 Å². The van der Waals surface area contributed by atoms with Crippen molar-refractivity contribution in [3.8, 4) is 0 Å². The van der Waals surface area contributed by atoms with Crippen LogP contribution in [0.25, 0.3) is 0 Å². The Bertz CT molecular complexity index is 474. The minimum atomic E-state index is -4.28. The smallest absolute Gasteiger partial charge is 0.381 e. The molecule has 1 aliphatic rings. The molecule has 0 aromatic heterocycles. The third-order valence-electron chi connectivity index (χ3n) is 3.12. The molecule has 0 bridgehead atoms. The summed E-state index contributed by atoms with van der Waals surface area (Å²) < 4.78 is 43.1. The van der Waals surface area contributed by atoms with Crippen LogP contribution in [0.1, 0.15) is 33.6 Å². The second kappa shape index (κ2) is 8.11. The zero-order chi connectivity index (χ0) is 17.9. The van der Waals surface area contributed by atoms with Crippen LogP contribution < -0.4 is 0 Å². The van der Waals surface area contributed by atoms with Gasteiger partial charge in [-0.2, -0.15) is 0 Å². The van der Waals surface area contributed by atoms with E-state index < -0.39 is 33.6 Å². The minimum absolute atomic E-state index is 0.0632. The number of hydrogen-bond acceptors (Lipinski definition) is 6. The van der Waals surface area contributed by atoms with Gasteiger partial charge in [0, 0.05) is 12.7 Å². The highest BCUT2D eigenvalue weighted by Gasteiger charge is 2.44. The number of ether oxygens (including phenoxy) is 1. The predicted octanol–water partition coefficient (Wildman–Crippen LogP) is 2.04. The molecule has 0 aliphatic carbocycles. The van der Waals surface area contributed by atoms with Crippen molar-refractivity contribution in [3.05, 3.63) is 0 Å². The Morgan fingerprint density at radius 1 is 1.22 bits per heavy atom. The third kappa shape index (κ3) is 8.28. The Morgan fingerprint density at radius 2 is 1.78 bits per heavy atom. The number of hydrogen-bond donors (Lipinski definition) is 2. The first-order valence-corrected chi connectivity index (χ1v) is 10.8. The summed E-state index contributed by atoms with van der Waals surface area (Å²) in [5.74, 6) is 0. The fourth-order valence-corrected chi connectivity index (χ4v) is 3.65. The van der Waals surface area contributed by atoms with E-state index in [4.69, 9.17) is 26.5 Å². The summed E-state index contributed by atoms with van der Waals surface area (Å²) in [6.45, 7) is 6.61. The van der Waals surface area contributed by atoms with Crippen molar-refractivity contribution in [2.45, 2.75) is 51.8 Å². The van der Waals surface area contributed by atoms with E-state index in [1.165, 1.54) is 0 Å². The number of phosphoric ester groups is 1. The molecule has 2 radical (unpaired) electrons. The predicted molar refractivity (Wildman–Crippen MR) is 85.5 cm³/mol. The zero-order valence-electron chi connectivity index (χ0n) is 13.9. The summed E-state index contributed by atoms with van der Waals surface area (Å²) in [7, 11) is -2.10. The fraction of sp³-hybridized carbons (Fsp3) is 1.00. The molecule has 0 saturated carbocycles. The lowest BCUT2D eigenvalue weighted by Gasteiger charge is -2.31. The van der Waals surface area contributed by atoms with E-state index in [1.54, 1.807) is 0 Å². The molecule has 0 aromatic carbocycles. The third-order valence-corrected chi connectivity index (χ3v) is 4.83. The van der Waals surface area contributed by atoms with Crippen LogP contribution in [-0.2, 0) is 27.4 Å². The molecule has 2 N–H and O–H groups in total. The quantitative estimate of drug-likeness (QED) is 0.379. The van der Waals surface area contributed by atoms with Crippen molar-refractivity contribution in [2.24, 2.45) is 5.41 Å². The highest BCUT2D eigenvalue weighted by atomic mass is 31.2. The summed E-state index contributed by atoms with van der Waals surface area (Å²) in [6.07, 6.45) is -0.603. The highest BCUT2D eigenvalue weighted by molar-refractivity contribution is 7.51. The van der Waals surface area contributed by atoms with E-state index in [0.717, 1.165) is 6.66 Å². The molecule has 1 saturated heterocycles. The van der Waals surface area contributed by atoms with Gasteiger partial charge in [0.05, 0.1) is 25.4 Å². The Morgan fingerprint density at radius 3 is 2.30 bits per heavy atom. The van der Waals surface area contributed by atoms with Crippen LogP contribution in [0.15, 0.2) is 0 Å². The summed E-state index contributed by atoms with van der Waals surface area (Å²) in [5.41, 5.74) is -0.309. The van der Waals surface area contributed by atoms with Crippen LogP contribution in [0.3, 0.4) is 0 Å². The van der Waals surface area contributed by atoms with Gasteiger partial charge in [0.15, 0.2) is 0 Å². The van der Waals surface area contributed by atoms with Crippen LogP contribution in [0.2, 0.25) is 0 Å². The van der Waals surface area contributed by atoms with Gasteiger partial charge >= 0.3 is 15.4 Å². The molecule has 0 aromatic rings. The maximum atomic E-state index is 12.0. The van der Waals surface area contributed by atoms with Crippen LogP contribution in [0.4, 0.5) is 0 Å². The van der Waals surface area contributed by atoms with Gasteiger partial charge in [0.1, 0.15) is 7.85 Å². The molecule has 134 valence electrons. The first-order chi connectivity index (χ1) is 10.3. The summed E-state index contributed by atoms with van der Waals surface area (Å²) in [6, 6.07) is -0.555. The number of phosphoric acid groups is 1. The van der Waals surface area contributed by atoms with Gasteiger partial charge in [0.2, 0.25) is 0 Å². The Balaban J connectivity index is 2.45. The molecule has 1 heterocycles. The van der Waals surface area contributed by atoms with E-state index in [9.17, 15) is 14.0 Å². The van der Waals surface area contributed by atoms with Gasteiger partial charge < -0.3 is 19.0 Å². The lowest BCUT2D eigenvalue weighted by Crippen LogP contribution is -2.36. The maximum absolute atomic E-state index is 12.0. The molecule has 23 heavy (non-hydrogen) atoms. The van der Waals surface area contributed by atoms with Crippen molar-refractivity contribution in [1.29, 1.82) is 0 Å². The molecule has 1 rings (SSSR count). The van der Waals surface area contributed by atoms with Gasteiger partial charge in [-0.25, -0.2) is 4.57 Å².